The Balaban J connectivity index is 1.62. The molecule has 0 bridgehead atoms. The van der Waals surface area contributed by atoms with Crippen molar-refractivity contribution in [3.05, 3.63) is 45.1 Å². The molecule has 9 heteroatoms. The number of sulfonamides is 1. The van der Waals surface area contributed by atoms with Crippen LogP contribution >= 0.6 is 22.9 Å². The third-order valence-electron chi connectivity index (χ3n) is 5.66. The van der Waals surface area contributed by atoms with Crippen molar-refractivity contribution in [3.63, 3.8) is 0 Å². The van der Waals surface area contributed by atoms with E-state index in [1.165, 1.54) is 15.6 Å². The molecule has 2 aromatic rings. The van der Waals surface area contributed by atoms with Gasteiger partial charge in [-0.2, -0.15) is 4.31 Å². The number of thiophene rings is 1. The molecule has 0 aliphatic carbocycles. The van der Waals surface area contributed by atoms with E-state index in [2.05, 4.69) is 10.2 Å². The van der Waals surface area contributed by atoms with Gasteiger partial charge in [0, 0.05) is 36.7 Å². The van der Waals surface area contributed by atoms with Gasteiger partial charge in [-0.05, 0) is 56.0 Å². The van der Waals surface area contributed by atoms with Crippen molar-refractivity contribution < 1.29 is 13.2 Å². The average Bonchev–Trinajstić information content (AvgIpc) is 3.44. The van der Waals surface area contributed by atoms with Crippen molar-refractivity contribution in [3.8, 4) is 0 Å². The normalized spacial score (nSPS) is 18.0. The second-order valence-electron chi connectivity index (χ2n) is 7.73. The Labute approximate surface area is 186 Å². The molecule has 4 rings (SSSR count). The molecule has 0 atom stereocenters. The molecule has 0 spiro atoms. The Morgan fingerprint density at radius 3 is 2.37 bits per heavy atom. The summed E-state index contributed by atoms with van der Waals surface area (Å²) in [5, 5.41) is 2.93. The van der Waals surface area contributed by atoms with E-state index < -0.39 is 10.0 Å². The quantitative estimate of drug-likeness (QED) is 0.694. The predicted octanol–water partition coefficient (Wildman–Crippen LogP) is 4.11. The summed E-state index contributed by atoms with van der Waals surface area (Å²) in [5.74, 6) is -0.267. The average molecular weight is 468 g/mol. The molecule has 3 heterocycles. The van der Waals surface area contributed by atoms with Gasteiger partial charge in [0.25, 0.3) is 5.91 Å². The summed E-state index contributed by atoms with van der Waals surface area (Å²) in [6.45, 7) is 3.19. The number of hydrogen-bond acceptors (Lipinski definition) is 5. The molecule has 2 fully saturated rings. The maximum atomic E-state index is 13.1. The minimum atomic E-state index is -3.60. The van der Waals surface area contributed by atoms with Crippen LogP contribution in [-0.2, 0) is 16.6 Å². The highest BCUT2D eigenvalue weighted by Gasteiger charge is 2.28. The van der Waals surface area contributed by atoms with Crippen molar-refractivity contribution in [2.24, 2.45) is 0 Å². The first kappa shape index (κ1) is 21.6. The van der Waals surface area contributed by atoms with Crippen LogP contribution in [0.2, 0.25) is 4.34 Å². The lowest BCUT2D eigenvalue weighted by Crippen LogP contribution is -2.36. The lowest BCUT2D eigenvalue weighted by Gasteiger charge is -2.27. The smallest absolute Gasteiger partial charge is 0.253 e. The van der Waals surface area contributed by atoms with Gasteiger partial charge in [-0.1, -0.05) is 18.0 Å². The Morgan fingerprint density at radius 1 is 1.00 bits per heavy atom. The van der Waals surface area contributed by atoms with Crippen molar-refractivity contribution in [2.75, 3.05) is 31.1 Å². The summed E-state index contributed by atoms with van der Waals surface area (Å²) >= 11 is 7.39. The zero-order chi connectivity index (χ0) is 21.1. The molecular formula is C21H26ClN3O3S2. The van der Waals surface area contributed by atoms with Gasteiger partial charge >= 0.3 is 0 Å². The van der Waals surface area contributed by atoms with Crippen molar-refractivity contribution in [2.45, 2.75) is 43.5 Å². The van der Waals surface area contributed by atoms with Gasteiger partial charge in [0.1, 0.15) is 0 Å². The molecule has 6 nitrogen and oxygen atoms in total. The number of halogens is 1. The molecule has 162 valence electrons. The lowest BCUT2D eigenvalue weighted by molar-refractivity contribution is 0.0951. The van der Waals surface area contributed by atoms with Crippen LogP contribution in [0.3, 0.4) is 0 Å². The van der Waals surface area contributed by atoms with E-state index in [-0.39, 0.29) is 10.8 Å². The van der Waals surface area contributed by atoms with Crippen LogP contribution in [0.15, 0.2) is 35.2 Å². The van der Waals surface area contributed by atoms with Crippen LogP contribution in [0.5, 0.6) is 0 Å². The first-order valence-electron chi connectivity index (χ1n) is 10.4. The Hall–Kier alpha value is -1.61. The monoisotopic (exact) mass is 467 g/mol. The number of hydrogen-bond donors (Lipinski definition) is 1. The van der Waals surface area contributed by atoms with Crippen LogP contribution in [0.1, 0.15) is 47.3 Å². The SMILES string of the molecule is O=C(NCc1ccc(Cl)s1)c1cc(S(=O)(=O)N2CCCCC2)ccc1N1CCCC1. The Kier molecular flexibility index (Phi) is 6.67. The third-order valence-corrected chi connectivity index (χ3v) is 8.79. The number of carbonyl (C=O) groups is 1. The molecule has 2 saturated heterocycles. The van der Waals surface area contributed by atoms with Gasteiger partial charge < -0.3 is 10.2 Å². The van der Waals surface area contributed by atoms with Crippen molar-refractivity contribution >= 4 is 44.6 Å². The molecule has 0 saturated carbocycles. The third kappa shape index (κ3) is 4.66. The molecule has 30 heavy (non-hydrogen) atoms. The van der Waals surface area contributed by atoms with Gasteiger partial charge in [-0.3, -0.25) is 4.79 Å². The molecule has 2 aliphatic heterocycles. The Morgan fingerprint density at radius 2 is 1.70 bits per heavy atom. The number of rotatable bonds is 6. The maximum absolute atomic E-state index is 13.1. The zero-order valence-corrected chi connectivity index (χ0v) is 19.2. The summed E-state index contributed by atoms with van der Waals surface area (Å²) in [5.41, 5.74) is 1.21. The molecule has 1 aromatic carbocycles. The van der Waals surface area contributed by atoms with Crippen molar-refractivity contribution in [1.82, 2.24) is 9.62 Å². The molecular weight excluding hydrogens is 442 g/mol. The number of nitrogens with zero attached hydrogens (tertiary/aromatic N) is 2. The maximum Gasteiger partial charge on any atom is 0.253 e. The highest BCUT2D eigenvalue weighted by atomic mass is 35.5. The summed E-state index contributed by atoms with van der Waals surface area (Å²) in [7, 11) is -3.60. The van der Waals surface area contributed by atoms with E-state index in [0.717, 1.165) is 55.8 Å². The minimum Gasteiger partial charge on any atom is -0.371 e. The molecule has 2 aliphatic rings. The van der Waals surface area contributed by atoms with Crippen LogP contribution < -0.4 is 10.2 Å². The van der Waals surface area contributed by atoms with E-state index in [9.17, 15) is 13.2 Å². The first-order chi connectivity index (χ1) is 14.4. The standard InChI is InChI=1S/C21H26ClN3O3S2/c22-20-9-6-16(29-20)15-23-21(26)18-14-17(7-8-19(18)24-10-4-5-11-24)30(27,28)25-12-2-1-3-13-25/h6-9,14H,1-5,10-13,15H2,(H,23,26). The largest absolute Gasteiger partial charge is 0.371 e. The molecule has 1 N–H and O–H groups in total. The Bertz CT molecular complexity index is 1010. The number of anilines is 1. The first-order valence-corrected chi connectivity index (χ1v) is 13.0. The van der Waals surface area contributed by atoms with Crippen LogP contribution in [0, 0.1) is 0 Å². The number of nitrogens with one attached hydrogen (secondary N) is 1. The minimum absolute atomic E-state index is 0.191. The fourth-order valence-electron chi connectivity index (χ4n) is 4.05. The second kappa shape index (κ2) is 9.26. The van der Waals surface area contributed by atoms with Gasteiger partial charge in [-0.15, -0.1) is 11.3 Å². The van der Waals surface area contributed by atoms with Gasteiger partial charge in [0.2, 0.25) is 10.0 Å². The summed E-state index contributed by atoms with van der Waals surface area (Å²) in [6, 6.07) is 8.67. The van der Waals surface area contributed by atoms with Crippen molar-refractivity contribution in [1.29, 1.82) is 0 Å². The molecule has 1 amide bonds. The van der Waals surface area contributed by atoms with Crippen LogP contribution in [-0.4, -0.2) is 44.8 Å². The number of carbonyl (C=O) groups excluding carboxylic acids is 1. The van der Waals surface area contributed by atoms with E-state index in [1.807, 2.05) is 6.07 Å². The van der Waals surface area contributed by atoms with Crippen LogP contribution in [0.4, 0.5) is 5.69 Å². The number of amides is 1. The molecule has 0 radical (unpaired) electrons. The van der Waals surface area contributed by atoms with E-state index in [4.69, 9.17) is 11.6 Å². The fraction of sp³-hybridized carbons (Fsp3) is 0.476. The highest BCUT2D eigenvalue weighted by Crippen LogP contribution is 2.30. The van der Waals surface area contributed by atoms with Gasteiger partial charge in [0.15, 0.2) is 0 Å². The fourth-order valence-corrected chi connectivity index (χ4v) is 6.63. The summed E-state index contributed by atoms with van der Waals surface area (Å²) in [4.78, 5) is 16.4. The second-order valence-corrected chi connectivity index (χ2v) is 11.5. The summed E-state index contributed by atoms with van der Waals surface area (Å²) < 4.78 is 28.5. The predicted molar refractivity (Wildman–Crippen MR) is 121 cm³/mol. The van der Waals surface area contributed by atoms with Crippen LogP contribution in [0.25, 0.3) is 0 Å². The summed E-state index contributed by atoms with van der Waals surface area (Å²) in [6.07, 6.45) is 4.95. The van der Waals surface area contributed by atoms with E-state index >= 15 is 0 Å². The van der Waals surface area contributed by atoms with E-state index in [1.54, 1.807) is 24.3 Å². The number of benzene rings is 1. The van der Waals surface area contributed by atoms with Gasteiger partial charge in [-0.25, -0.2) is 8.42 Å². The number of piperidine rings is 1. The topological polar surface area (TPSA) is 69.7 Å². The van der Waals surface area contributed by atoms with E-state index in [0.29, 0.717) is 29.5 Å². The molecule has 0 unspecified atom stereocenters. The highest BCUT2D eigenvalue weighted by molar-refractivity contribution is 7.89. The molecule has 1 aromatic heterocycles. The lowest BCUT2D eigenvalue weighted by atomic mass is 10.1. The zero-order valence-electron chi connectivity index (χ0n) is 16.8. The van der Waals surface area contributed by atoms with Gasteiger partial charge in [0.05, 0.1) is 21.3 Å².